The summed E-state index contributed by atoms with van der Waals surface area (Å²) in [5, 5.41) is 13.8. The van der Waals surface area contributed by atoms with Crippen LogP contribution >= 0.6 is 11.3 Å². The maximum Gasteiger partial charge on any atom is 0.281 e. The number of rotatable bonds is 3. The molecule has 7 nitrogen and oxygen atoms in total. The van der Waals surface area contributed by atoms with E-state index in [2.05, 4.69) is 10.3 Å². The fourth-order valence-corrected chi connectivity index (χ4v) is 2.86. The minimum Gasteiger partial charge on any atom is -0.298 e. The minimum atomic E-state index is -0.543. The molecule has 23 heavy (non-hydrogen) atoms. The van der Waals surface area contributed by atoms with Gasteiger partial charge in [0, 0.05) is 22.4 Å². The number of nitro groups is 1. The number of hydrogen-bond donors (Lipinski definition) is 1. The average molecular weight is 327 g/mol. The molecule has 8 heteroatoms. The van der Waals surface area contributed by atoms with Crippen LogP contribution in [0.15, 0.2) is 53.3 Å². The van der Waals surface area contributed by atoms with E-state index in [1.807, 2.05) is 0 Å². The fourth-order valence-electron chi connectivity index (χ4n) is 1.97. The molecule has 0 unspecified atom stereocenters. The van der Waals surface area contributed by atoms with Gasteiger partial charge in [-0.25, -0.2) is 0 Å². The first-order chi connectivity index (χ1) is 11.0. The Kier molecular flexibility index (Phi) is 3.82. The number of carbonyl (C=O) groups excluding carboxylic acids is 1. The molecular weight excluding hydrogens is 318 g/mol. The molecule has 114 valence electrons. The van der Waals surface area contributed by atoms with E-state index in [9.17, 15) is 19.7 Å². The Hall–Kier alpha value is -3.13. The van der Waals surface area contributed by atoms with Crippen LogP contribution in [-0.2, 0) is 0 Å². The highest BCUT2D eigenvalue weighted by atomic mass is 32.1. The summed E-state index contributed by atoms with van der Waals surface area (Å²) in [5.41, 5.74) is -0.279. The van der Waals surface area contributed by atoms with Gasteiger partial charge in [0.15, 0.2) is 5.13 Å². The van der Waals surface area contributed by atoms with Crippen LogP contribution in [-0.4, -0.2) is 15.8 Å². The molecule has 0 saturated heterocycles. The van der Waals surface area contributed by atoms with Crippen LogP contribution < -0.4 is 10.9 Å². The highest BCUT2D eigenvalue weighted by molar-refractivity contribution is 7.21. The number of fused-ring (bicyclic) bond motifs is 1. The lowest BCUT2D eigenvalue weighted by Crippen LogP contribution is -2.15. The van der Waals surface area contributed by atoms with E-state index < -0.39 is 16.4 Å². The van der Waals surface area contributed by atoms with Crippen LogP contribution in [0, 0.1) is 10.1 Å². The van der Waals surface area contributed by atoms with E-state index in [0.717, 1.165) is 0 Å². The molecule has 1 aromatic heterocycles. The summed E-state index contributed by atoms with van der Waals surface area (Å²) in [6.07, 6.45) is 0. The van der Waals surface area contributed by atoms with E-state index in [1.165, 1.54) is 35.6 Å². The predicted octanol–water partition coefficient (Wildman–Crippen LogP) is 2.82. The zero-order valence-corrected chi connectivity index (χ0v) is 12.4. The maximum absolute atomic E-state index is 12.1. The lowest BCUT2D eigenvalue weighted by atomic mass is 10.2. The maximum atomic E-state index is 12.1. The molecule has 0 bridgehead atoms. The van der Waals surface area contributed by atoms with Crippen molar-refractivity contribution in [2.75, 3.05) is 5.32 Å². The van der Waals surface area contributed by atoms with Gasteiger partial charge in [-0.1, -0.05) is 23.5 Å². The summed E-state index contributed by atoms with van der Waals surface area (Å²) in [6, 6.07) is 12.1. The Morgan fingerprint density at radius 2 is 1.83 bits per heavy atom. The number of non-ortho nitro benzene ring substituents is 1. The fraction of sp³-hybridized carbons (Fsp3) is 0. The molecule has 0 saturated carbocycles. The van der Waals surface area contributed by atoms with Gasteiger partial charge in [-0.3, -0.25) is 25.0 Å². The van der Waals surface area contributed by atoms with E-state index in [1.54, 1.807) is 24.3 Å². The van der Waals surface area contributed by atoms with Crippen LogP contribution in [0.25, 0.3) is 10.1 Å². The molecule has 0 fully saturated rings. The van der Waals surface area contributed by atoms with Crippen LogP contribution in [0.4, 0.5) is 10.8 Å². The number of benzene rings is 2. The van der Waals surface area contributed by atoms with E-state index >= 15 is 0 Å². The van der Waals surface area contributed by atoms with Crippen LogP contribution in [0.3, 0.4) is 0 Å². The number of hydrogen-bond acceptors (Lipinski definition) is 6. The third-order valence-corrected chi connectivity index (χ3v) is 4.05. The quantitative estimate of drug-likeness (QED) is 0.588. The second-order valence-electron chi connectivity index (χ2n) is 4.58. The summed E-state index contributed by atoms with van der Waals surface area (Å²) in [6.45, 7) is 0. The Morgan fingerprint density at radius 3 is 2.52 bits per heavy atom. The third kappa shape index (κ3) is 3.06. The summed E-state index contributed by atoms with van der Waals surface area (Å²) in [7, 11) is 0. The Morgan fingerprint density at radius 1 is 1.13 bits per heavy atom. The highest BCUT2D eigenvalue weighted by Gasteiger charge is 2.12. The molecule has 1 N–H and O–H groups in total. The molecule has 3 aromatic rings. The Labute approximate surface area is 133 Å². The Balaban J connectivity index is 1.88. The second kappa shape index (κ2) is 5.93. The number of aromatic nitrogens is 1. The summed E-state index contributed by atoms with van der Waals surface area (Å²) < 4.78 is 0.714. The van der Waals surface area contributed by atoms with Crippen molar-refractivity contribution in [2.24, 2.45) is 0 Å². The van der Waals surface area contributed by atoms with Crippen molar-refractivity contribution in [2.45, 2.75) is 0 Å². The first-order valence-corrected chi connectivity index (χ1v) is 7.32. The second-order valence-corrected chi connectivity index (χ2v) is 5.61. The van der Waals surface area contributed by atoms with Crippen LogP contribution in [0.5, 0.6) is 0 Å². The smallest absolute Gasteiger partial charge is 0.281 e. The van der Waals surface area contributed by atoms with Crippen molar-refractivity contribution in [1.82, 2.24) is 4.98 Å². The van der Waals surface area contributed by atoms with Crippen molar-refractivity contribution in [3.63, 3.8) is 0 Å². The van der Waals surface area contributed by atoms with E-state index in [0.29, 0.717) is 10.1 Å². The Bertz CT molecular complexity index is 966. The van der Waals surface area contributed by atoms with Crippen LogP contribution in [0.1, 0.15) is 10.4 Å². The lowest BCUT2D eigenvalue weighted by molar-refractivity contribution is -0.384. The van der Waals surface area contributed by atoms with Crippen molar-refractivity contribution >= 4 is 38.1 Å². The zero-order chi connectivity index (χ0) is 16.4. The van der Waals surface area contributed by atoms with Gasteiger partial charge in [0.2, 0.25) is 0 Å². The van der Waals surface area contributed by atoms with Gasteiger partial charge in [-0.05, 0) is 24.3 Å². The van der Waals surface area contributed by atoms with Gasteiger partial charge in [-0.2, -0.15) is 4.98 Å². The van der Waals surface area contributed by atoms with Crippen molar-refractivity contribution in [1.29, 1.82) is 0 Å². The predicted molar refractivity (Wildman–Crippen MR) is 86.9 cm³/mol. The highest BCUT2D eigenvalue weighted by Crippen LogP contribution is 2.21. The number of carbonyl (C=O) groups is 1. The van der Waals surface area contributed by atoms with E-state index in [4.69, 9.17) is 0 Å². The normalized spacial score (nSPS) is 10.4. The summed E-state index contributed by atoms with van der Waals surface area (Å²) in [5.74, 6) is -0.488. The van der Waals surface area contributed by atoms with Gasteiger partial charge in [0.25, 0.3) is 17.2 Å². The van der Waals surface area contributed by atoms with Crippen molar-refractivity contribution in [3.05, 3.63) is 74.6 Å². The molecule has 3 rings (SSSR count). The molecule has 0 aliphatic carbocycles. The van der Waals surface area contributed by atoms with Crippen LogP contribution in [0.2, 0.25) is 0 Å². The van der Waals surface area contributed by atoms with E-state index in [-0.39, 0.29) is 16.4 Å². The molecule has 0 radical (unpaired) electrons. The number of nitro benzene ring substituents is 1. The molecular formula is C15H9N3O4S. The number of amides is 1. The molecule has 2 aromatic carbocycles. The zero-order valence-electron chi connectivity index (χ0n) is 11.6. The first kappa shape index (κ1) is 14.8. The number of nitrogens with zero attached hydrogens (tertiary/aromatic N) is 2. The molecule has 1 heterocycles. The largest absolute Gasteiger partial charge is 0.298 e. The molecule has 0 spiro atoms. The number of nitrogens with one attached hydrogen (secondary N) is 1. The van der Waals surface area contributed by atoms with Gasteiger partial charge >= 0.3 is 0 Å². The minimum absolute atomic E-state index is 0.102. The van der Waals surface area contributed by atoms with Gasteiger partial charge in [0.1, 0.15) is 0 Å². The first-order valence-electron chi connectivity index (χ1n) is 6.50. The number of anilines is 1. The summed E-state index contributed by atoms with van der Waals surface area (Å²) in [4.78, 5) is 37.9. The van der Waals surface area contributed by atoms with Crippen molar-refractivity contribution in [3.8, 4) is 0 Å². The molecule has 0 aliphatic rings. The SMILES string of the molecule is O=C(Nc1nc(=O)c2ccccc2s1)c1ccc([N+](=O)[O-])cc1. The third-order valence-electron chi connectivity index (χ3n) is 3.09. The summed E-state index contributed by atoms with van der Waals surface area (Å²) >= 11 is 1.18. The van der Waals surface area contributed by atoms with Gasteiger partial charge < -0.3 is 0 Å². The average Bonchev–Trinajstić information content (AvgIpc) is 2.55. The van der Waals surface area contributed by atoms with Gasteiger partial charge in [-0.15, -0.1) is 0 Å². The molecule has 0 aliphatic heterocycles. The van der Waals surface area contributed by atoms with Crippen molar-refractivity contribution < 1.29 is 9.72 Å². The molecule has 1 amide bonds. The van der Waals surface area contributed by atoms with Gasteiger partial charge in [0.05, 0.1) is 10.3 Å². The standard InChI is InChI=1S/C15H9N3O4S/c19-13(9-5-7-10(8-6-9)18(21)22)16-15-17-14(20)11-3-1-2-4-12(11)23-15/h1-8H,(H,16,17,19,20). The topological polar surface area (TPSA) is 102 Å². The monoisotopic (exact) mass is 327 g/mol. The molecule has 0 atom stereocenters. The lowest BCUT2D eigenvalue weighted by Gasteiger charge is -2.04.